The molecular weight excluding hydrogens is 382 g/mol. The Hall–Kier alpha value is -2.94. The number of anilines is 1. The van der Waals surface area contributed by atoms with Gasteiger partial charge < -0.3 is 14.8 Å². The maximum Gasteiger partial charge on any atom is 0.121 e. The predicted molar refractivity (Wildman–Crippen MR) is 130 cm³/mol. The van der Waals surface area contributed by atoms with E-state index in [0.29, 0.717) is 6.61 Å². The van der Waals surface area contributed by atoms with Crippen molar-refractivity contribution in [3.05, 3.63) is 90.0 Å². The normalized spacial score (nSPS) is 12.3. The van der Waals surface area contributed by atoms with Crippen molar-refractivity contribution in [1.82, 2.24) is 0 Å². The van der Waals surface area contributed by atoms with Crippen LogP contribution in [0.5, 0.6) is 11.5 Å². The lowest BCUT2D eigenvalue weighted by atomic mass is 9.87. The molecule has 0 spiro atoms. The maximum absolute atomic E-state index is 6.06. The zero-order chi connectivity index (χ0) is 22.1. The van der Waals surface area contributed by atoms with Gasteiger partial charge in [-0.3, -0.25) is 0 Å². The molecule has 0 bridgehead atoms. The summed E-state index contributed by atoms with van der Waals surface area (Å²) >= 11 is 0. The first-order chi connectivity index (χ1) is 14.9. The molecule has 3 nitrogen and oxygen atoms in total. The second-order valence-corrected chi connectivity index (χ2v) is 9.05. The molecular formula is C28H35NO2. The fourth-order valence-corrected chi connectivity index (χ4v) is 3.38. The van der Waals surface area contributed by atoms with Gasteiger partial charge in [-0.2, -0.15) is 0 Å². The molecule has 0 heterocycles. The van der Waals surface area contributed by atoms with Gasteiger partial charge in [-0.1, -0.05) is 69.3 Å². The highest BCUT2D eigenvalue weighted by atomic mass is 16.5. The predicted octanol–water partition coefficient (Wildman–Crippen LogP) is 6.88. The molecule has 3 heteroatoms. The standard InChI is InChI=1S/C28H35NO2/c1-22(31-26-17-15-24(16-18-26)28(2,3)4)21-29-25-13-8-14-27(20-25)30-19-9-12-23-10-6-5-7-11-23/h5-8,10-11,13-18,20,22,29H,9,12,19,21H2,1-4H3. The molecule has 164 valence electrons. The van der Waals surface area contributed by atoms with Gasteiger partial charge in [0.15, 0.2) is 0 Å². The van der Waals surface area contributed by atoms with Gasteiger partial charge in [0, 0.05) is 11.8 Å². The van der Waals surface area contributed by atoms with E-state index in [1.54, 1.807) is 0 Å². The molecule has 1 unspecified atom stereocenters. The van der Waals surface area contributed by atoms with Crippen LogP contribution < -0.4 is 14.8 Å². The number of aryl methyl sites for hydroxylation is 1. The van der Waals surface area contributed by atoms with Gasteiger partial charge in [0.2, 0.25) is 0 Å². The molecule has 0 aliphatic rings. The van der Waals surface area contributed by atoms with E-state index in [-0.39, 0.29) is 11.5 Å². The van der Waals surface area contributed by atoms with Crippen LogP contribution in [0.1, 0.15) is 45.2 Å². The minimum absolute atomic E-state index is 0.0518. The van der Waals surface area contributed by atoms with E-state index < -0.39 is 0 Å². The number of benzene rings is 3. The van der Waals surface area contributed by atoms with Crippen molar-refractivity contribution in [2.45, 2.75) is 52.1 Å². The fourth-order valence-electron chi connectivity index (χ4n) is 3.38. The first-order valence-electron chi connectivity index (χ1n) is 11.2. The van der Waals surface area contributed by atoms with E-state index in [1.807, 2.05) is 24.3 Å². The lowest BCUT2D eigenvalue weighted by Gasteiger charge is -2.20. The van der Waals surface area contributed by atoms with Crippen LogP contribution in [0.25, 0.3) is 0 Å². The summed E-state index contributed by atoms with van der Waals surface area (Å²) in [5.41, 5.74) is 3.86. The largest absolute Gasteiger partial charge is 0.494 e. The van der Waals surface area contributed by atoms with Gasteiger partial charge in [0.05, 0.1) is 13.2 Å². The summed E-state index contributed by atoms with van der Waals surface area (Å²) < 4.78 is 12.0. The molecule has 1 N–H and O–H groups in total. The maximum atomic E-state index is 6.06. The van der Waals surface area contributed by atoms with Crippen molar-refractivity contribution >= 4 is 5.69 Å². The minimum Gasteiger partial charge on any atom is -0.494 e. The van der Waals surface area contributed by atoms with E-state index in [0.717, 1.165) is 36.6 Å². The summed E-state index contributed by atoms with van der Waals surface area (Å²) in [6, 6.07) is 27.1. The quantitative estimate of drug-likeness (QED) is 0.365. The Labute approximate surface area is 187 Å². The fraction of sp³-hybridized carbons (Fsp3) is 0.357. The van der Waals surface area contributed by atoms with Crippen LogP contribution in [0.2, 0.25) is 0 Å². The average molecular weight is 418 g/mol. The average Bonchev–Trinajstić information content (AvgIpc) is 2.76. The molecule has 3 aromatic rings. The molecule has 0 aromatic heterocycles. The Morgan fingerprint density at radius 1 is 0.839 bits per heavy atom. The highest BCUT2D eigenvalue weighted by Gasteiger charge is 2.13. The highest BCUT2D eigenvalue weighted by Crippen LogP contribution is 2.25. The van der Waals surface area contributed by atoms with Crippen LogP contribution in [0.15, 0.2) is 78.9 Å². The van der Waals surface area contributed by atoms with Crippen molar-refractivity contribution in [3.63, 3.8) is 0 Å². The number of hydrogen-bond donors (Lipinski definition) is 1. The Morgan fingerprint density at radius 2 is 1.58 bits per heavy atom. The Bertz CT molecular complexity index is 914. The molecule has 0 amide bonds. The molecule has 1 atom stereocenters. The smallest absolute Gasteiger partial charge is 0.121 e. The first-order valence-corrected chi connectivity index (χ1v) is 11.2. The van der Waals surface area contributed by atoms with Crippen molar-refractivity contribution in [3.8, 4) is 11.5 Å². The van der Waals surface area contributed by atoms with E-state index in [9.17, 15) is 0 Å². The van der Waals surface area contributed by atoms with Gasteiger partial charge in [0.25, 0.3) is 0 Å². The summed E-state index contributed by atoms with van der Waals surface area (Å²) in [4.78, 5) is 0. The van der Waals surface area contributed by atoms with E-state index >= 15 is 0 Å². The molecule has 0 aliphatic carbocycles. The van der Waals surface area contributed by atoms with Gasteiger partial charge in [-0.25, -0.2) is 0 Å². The van der Waals surface area contributed by atoms with Gasteiger partial charge in [0.1, 0.15) is 17.6 Å². The molecule has 0 fully saturated rings. The van der Waals surface area contributed by atoms with Crippen molar-refractivity contribution < 1.29 is 9.47 Å². The van der Waals surface area contributed by atoms with Crippen molar-refractivity contribution in [2.75, 3.05) is 18.5 Å². The monoisotopic (exact) mass is 417 g/mol. The second kappa shape index (κ2) is 10.9. The highest BCUT2D eigenvalue weighted by molar-refractivity contribution is 5.48. The van der Waals surface area contributed by atoms with Crippen LogP contribution in [0.4, 0.5) is 5.69 Å². The molecule has 0 aliphatic heterocycles. The molecule has 3 aromatic carbocycles. The van der Waals surface area contributed by atoms with Crippen LogP contribution in [-0.4, -0.2) is 19.3 Å². The molecule has 3 rings (SSSR count). The zero-order valence-corrected chi connectivity index (χ0v) is 19.2. The van der Waals surface area contributed by atoms with E-state index in [1.165, 1.54) is 11.1 Å². The van der Waals surface area contributed by atoms with Crippen molar-refractivity contribution in [2.24, 2.45) is 0 Å². The number of ether oxygens (including phenoxy) is 2. The molecule has 0 radical (unpaired) electrons. The topological polar surface area (TPSA) is 30.5 Å². The van der Waals surface area contributed by atoms with E-state index in [4.69, 9.17) is 9.47 Å². The summed E-state index contributed by atoms with van der Waals surface area (Å²) in [6.07, 6.45) is 2.08. The Kier molecular flexibility index (Phi) is 8.00. The van der Waals surface area contributed by atoms with E-state index in [2.05, 4.69) is 87.6 Å². The summed E-state index contributed by atoms with van der Waals surface area (Å²) in [7, 11) is 0. The van der Waals surface area contributed by atoms with Crippen LogP contribution in [0.3, 0.4) is 0 Å². The molecule has 0 saturated heterocycles. The van der Waals surface area contributed by atoms with Gasteiger partial charge in [-0.15, -0.1) is 0 Å². The molecule has 0 saturated carbocycles. The van der Waals surface area contributed by atoms with Crippen molar-refractivity contribution in [1.29, 1.82) is 0 Å². The summed E-state index contributed by atoms with van der Waals surface area (Å²) in [5.74, 6) is 1.79. The third kappa shape index (κ3) is 7.67. The lowest BCUT2D eigenvalue weighted by molar-refractivity contribution is 0.234. The third-order valence-corrected chi connectivity index (χ3v) is 5.21. The minimum atomic E-state index is 0.0518. The molecule has 31 heavy (non-hydrogen) atoms. The van der Waals surface area contributed by atoms with Gasteiger partial charge >= 0.3 is 0 Å². The first kappa shape index (κ1) is 22.7. The van der Waals surface area contributed by atoms with Crippen LogP contribution in [-0.2, 0) is 11.8 Å². The zero-order valence-electron chi connectivity index (χ0n) is 19.2. The number of hydrogen-bond acceptors (Lipinski definition) is 3. The van der Waals surface area contributed by atoms with Crippen LogP contribution in [0, 0.1) is 0 Å². The Balaban J connectivity index is 1.41. The van der Waals surface area contributed by atoms with Gasteiger partial charge in [-0.05, 0) is 60.6 Å². The Morgan fingerprint density at radius 3 is 2.29 bits per heavy atom. The number of nitrogens with one attached hydrogen (secondary N) is 1. The number of rotatable bonds is 10. The van der Waals surface area contributed by atoms with Crippen LogP contribution >= 0.6 is 0 Å². The third-order valence-electron chi connectivity index (χ3n) is 5.21. The second-order valence-electron chi connectivity index (χ2n) is 9.05. The summed E-state index contributed by atoms with van der Waals surface area (Å²) in [5, 5.41) is 3.45. The summed E-state index contributed by atoms with van der Waals surface area (Å²) in [6.45, 7) is 10.2. The SMILES string of the molecule is CC(CNc1cccc(OCCCc2ccccc2)c1)Oc1ccc(C(C)(C)C)cc1. The lowest BCUT2D eigenvalue weighted by Crippen LogP contribution is -2.22.